The van der Waals surface area contributed by atoms with Crippen LogP contribution in [0.5, 0.6) is 0 Å². The fourth-order valence-corrected chi connectivity index (χ4v) is 1.98. The maximum absolute atomic E-state index is 11.2. The number of benzene rings is 1. The number of carboxylic acids is 1. The monoisotopic (exact) mass is 321 g/mol. The van der Waals surface area contributed by atoms with E-state index in [4.69, 9.17) is 21.4 Å². The molecule has 0 bridgehead atoms. The fourth-order valence-electron chi connectivity index (χ4n) is 1.37. The van der Waals surface area contributed by atoms with Crippen LogP contribution in [0.25, 0.3) is 0 Å². The van der Waals surface area contributed by atoms with Crippen molar-refractivity contribution >= 4 is 33.5 Å². The van der Waals surface area contributed by atoms with Crippen molar-refractivity contribution in [1.29, 1.82) is 0 Å². The van der Waals surface area contributed by atoms with Crippen LogP contribution in [0, 0.1) is 0 Å². The Morgan fingerprint density at radius 3 is 2.94 bits per heavy atom. The highest BCUT2D eigenvalue weighted by Gasteiger charge is 2.21. The first-order valence-electron chi connectivity index (χ1n) is 4.96. The molecule has 0 aliphatic rings. The van der Waals surface area contributed by atoms with Gasteiger partial charge in [0, 0.05) is 23.1 Å². The number of methoxy groups -OCH3 is 1. The van der Waals surface area contributed by atoms with E-state index < -0.39 is 12.0 Å². The highest BCUT2D eigenvalue weighted by atomic mass is 79.9. The molecule has 0 aliphatic carbocycles. The van der Waals surface area contributed by atoms with E-state index in [0.29, 0.717) is 23.7 Å². The predicted molar refractivity (Wildman–Crippen MR) is 69.4 cm³/mol. The molecule has 6 heteroatoms. The minimum atomic E-state index is -0.971. The first kappa shape index (κ1) is 14.4. The van der Waals surface area contributed by atoms with Gasteiger partial charge in [-0.3, -0.25) is 10.1 Å². The van der Waals surface area contributed by atoms with E-state index in [1.54, 1.807) is 25.3 Å². The molecule has 0 heterocycles. The van der Waals surface area contributed by atoms with Crippen LogP contribution < -0.4 is 5.32 Å². The summed E-state index contributed by atoms with van der Waals surface area (Å²) in [6, 6.07) is 4.28. The van der Waals surface area contributed by atoms with Crippen molar-refractivity contribution < 1.29 is 14.6 Å². The lowest BCUT2D eigenvalue weighted by molar-refractivity contribution is -0.139. The Morgan fingerprint density at radius 2 is 2.35 bits per heavy atom. The van der Waals surface area contributed by atoms with Crippen LogP contribution in [0.15, 0.2) is 22.7 Å². The number of rotatable bonds is 6. The van der Waals surface area contributed by atoms with Gasteiger partial charge in [0.2, 0.25) is 0 Å². The number of hydrogen-bond acceptors (Lipinski definition) is 3. The van der Waals surface area contributed by atoms with Gasteiger partial charge in [-0.15, -0.1) is 0 Å². The number of ether oxygens (including phenoxy) is 1. The molecule has 1 aromatic rings. The van der Waals surface area contributed by atoms with Crippen LogP contribution >= 0.6 is 27.5 Å². The van der Waals surface area contributed by atoms with Gasteiger partial charge in [0.1, 0.15) is 6.04 Å². The zero-order valence-corrected chi connectivity index (χ0v) is 11.6. The third-order valence-electron chi connectivity index (χ3n) is 2.17. The van der Waals surface area contributed by atoms with Crippen molar-refractivity contribution in [3.05, 3.63) is 33.3 Å². The number of nitrogens with one attached hydrogen (secondary N) is 1. The maximum Gasteiger partial charge on any atom is 0.325 e. The summed E-state index contributed by atoms with van der Waals surface area (Å²) in [5.74, 6) is -0.971. The molecule has 0 saturated heterocycles. The van der Waals surface area contributed by atoms with Crippen LogP contribution in [0.4, 0.5) is 0 Å². The van der Waals surface area contributed by atoms with E-state index in [2.05, 4.69) is 21.2 Å². The topological polar surface area (TPSA) is 58.6 Å². The molecule has 2 N–H and O–H groups in total. The summed E-state index contributed by atoms with van der Waals surface area (Å²) >= 11 is 9.28. The van der Waals surface area contributed by atoms with E-state index in [9.17, 15) is 4.79 Å². The highest BCUT2D eigenvalue weighted by molar-refractivity contribution is 9.10. The van der Waals surface area contributed by atoms with Crippen molar-refractivity contribution in [2.45, 2.75) is 6.04 Å². The van der Waals surface area contributed by atoms with Gasteiger partial charge < -0.3 is 9.84 Å². The molecule has 4 nitrogen and oxygen atoms in total. The first-order chi connectivity index (χ1) is 8.06. The van der Waals surface area contributed by atoms with E-state index in [-0.39, 0.29) is 0 Å². The molecule has 0 amide bonds. The molecule has 0 aromatic heterocycles. The summed E-state index contributed by atoms with van der Waals surface area (Å²) in [6.45, 7) is 0.881. The van der Waals surface area contributed by atoms with Gasteiger partial charge in [-0.1, -0.05) is 27.5 Å². The molecule has 1 aromatic carbocycles. The van der Waals surface area contributed by atoms with Gasteiger partial charge in [-0.25, -0.2) is 0 Å². The van der Waals surface area contributed by atoms with E-state index in [1.165, 1.54) is 0 Å². The summed E-state index contributed by atoms with van der Waals surface area (Å²) in [6.07, 6.45) is 0. The quantitative estimate of drug-likeness (QED) is 0.790. The minimum absolute atomic E-state index is 0.422. The molecule has 17 heavy (non-hydrogen) atoms. The van der Waals surface area contributed by atoms with Crippen molar-refractivity contribution in [2.75, 3.05) is 20.3 Å². The Kier molecular flexibility index (Phi) is 5.91. The molecule has 0 saturated carbocycles. The van der Waals surface area contributed by atoms with Gasteiger partial charge in [-0.05, 0) is 23.8 Å². The molecule has 0 radical (unpaired) electrons. The Balaban J connectivity index is 2.89. The lowest BCUT2D eigenvalue weighted by atomic mass is 10.1. The number of carboxylic acid groups (broad SMARTS) is 1. The zero-order valence-electron chi connectivity index (χ0n) is 9.24. The Labute approximate surface area is 113 Å². The number of carbonyl (C=O) groups is 1. The molecule has 1 rings (SSSR count). The lowest BCUT2D eigenvalue weighted by Gasteiger charge is -2.16. The van der Waals surface area contributed by atoms with Gasteiger partial charge in [-0.2, -0.15) is 0 Å². The SMILES string of the molecule is COCCNC(C(=O)O)c1cc(Br)ccc1Cl. The molecule has 0 spiro atoms. The summed E-state index contributed by atoms with van der Waals surface area (Å²) in [4.78, 5) is 11.2. The summed E-state index contributed by atoms with van der Waals surface area (Å²) in [7, 11) is 1.56. The van der Waals surface area contributed by atoms with Gasteiger partial charge >= 0.3 is 5.97 Å². The van der Waals surface area contributed by atoms with E-state index >= 15 is 0 Å². The lowest BCUT2D eigenvalue weighted by Crippen LogP contribution is -2.31. The van der Waals surface area contributed by atoms with Crippen molar-refractivity contribution in [3.8, 4) is 0 Å². The van der Waals surface area contributed by atoms with Crippen LogP contribution in [0.1, 0.15) is 11.6 Å². The fraction of sp³-hybridized carbons (Fsp3) is 0.364. The normalized spacial score (nSPS) is 12.4. The van der Waals surface area contributed by atoms with Crippen LogP contribution in [0.3, 0.4) is 0 Å². The Morgan fingerprint density at radius 1 is 1.65 bits per heavy atom. The van der Waals surface area contributed by atoms with Crippen molar-refractivity contribution in [1.82, 2.24) is 5.32 Å². The van der Waals surface area contributed by atoms with Crippen molar-refractivity contribution in [3.63, 3.8) is 0 Å². The smallest absolute Gasteiger partial charge is 0.325 e. The molecular weight excluding hydrogens is 309 g/mol. The molecule has 94 valence electrons. The van der Waals surface area contributed by atoms with Gasteiger partial charge in [0.25, 0.3) is 0 Å². The third-order valence-corrected chi connectivity index (χ3v) is 3.01. The average Bonchev–Trinajstić information content (AvgIpc) is 2.28. The minimum Gasteiger partial charge on any atom is -0.480 e. The largest absolute Gasteiger partial charge is 0.480 e. The second-order valence-corrected chi connectivity index (χ2v) is 4.71. The predicted octanol–water partition coefficient (Wildman–Crippen LogP) is 2.46. The van der Waals surface area contributed by atoms with Crippen LogP contribution in [0.2, 0.25) is 5.02 Å². The molecule has 0 fully saturated rings. The number of hydrogen-bond donors (Lipinski definition) is 2. The standard InChI is InChI=1S/C11H13BrClNO3/c1-17-5-4-14-10(11(15)16)8-6-7(12)2-3-9(8)13/h2-3,6,10,14H,4-5H2,1H3,(H,15,16). The zero-order chi connectivity index (χ0) is 12.8. The summed E-state index contributed by atoms with van der Waals surface area (Å²) < 4.78 is 5.65. The third kappa shape index (κ3) is 4.27. The van der Waals surface area contributed by atoms with Crippen LogP contribution in [-0.4, -0.2) is 31.3 Å². The maximum atomic E-state index is 11.2. The number of halogens is 2. The highest BCUT2D eigenvalue weighted by Crippen LogP contribution is 2.26. The number of aliphatic carboxylic acids is 1. The van der Waals surface area contributed by atoms with Crippen LogP contribution in [-0.2, 0) is 9.53 Å². The van der Waals surface area contributed by atoms with E-state index in [0.717, 1.165) is 4.47 Å². The second-order valence-electron chi connectivity index (χ2n) is 3.38. The van der Waals surface area contributed by atoms with Gasteiger partial charge in [0.15, 0.2) is 0 Å². The van der Waals surface area contributed by atoms with E-state index in [1.807, 2.05) is 0 Å². The van der Waals surface area contributed by atoms with Gasteiger partial charge in [0.05, 0.1) is 6.61 Å². The summed E-state index contributed by atoms with van der Waals surface area (Å²) in [5.41, 5.74) is 0.532. The molecule has 0 aliphatic heterocycles. The molecule has 1 unspecified atom stereocenters. The van der Waals surface area contributed by atoms with Crippen molar-refractivity contribution in [2.24, 2.45) is 0 Å². The first-order valence-corrected chi connectivity index (χ1v) is 6.13. The Bertz CT molecular complexity index is 400. The molecular formula is C11H13BrClNO3. The Hall–Kier alpha value is -0.620. The average molecular weight is 323 g/mol. The molecule has 1 atom stereocenters. The summed E-state index contributed by atoms with van der Waals surface area (Å²) in [5, 5.41) is 12.5. The second kappa shape index (κ2) is 6.96.